The average Bonchev–Trinajstić information content (AvgIpc) is 3.25. The third-order valence-electron chi connectivity index (χ3n) is 5.87. The Labute approximate surface area is 169 Å². The normalized spacial score (nSPS) is 16.7. The summed E-state index contributed by atoms with van der Waals surface area (Å²) in [5.41, 5.74) is 5.52. The van der Waals surface area contributed by atoms with Gasteiger partial charge >= 0.3 is 0 Å². The van der Waals surface area contributed by atoms with Crippen molar-refractivity contribution in [1.82, 2.24) is 24.3 Å². The number of imidazole rings is 1. The van der Waals surface area contributed by atoms with Gasteiger partial charge in [-0.1, -0.05) is 30.3 Å². The number of fused-ring (bicyclic) bond motifs is 4. The van der Waals surface area contributed by atoms with E-state index in [4.69, 9.17) is 4.98 Å². The van der Waals surface area contributed by atoms with Gasteiger partial charge in [0.2, 0.25) is 5.91 Å². The molecule has 4 aromatic rings. The first-order valence-electron chi connectivity index (χ1n) is 9.99. The number of likely N-dealkylation sites (N-methyl/N-ethyl adjacent to an activating group) is 1. The van der Waals surface area contributed by atoms with Crippen molar-refractivity contribution in [2.75, 3.05) is 27.2 Å². The number of nitrogens with one attached hydrogen (secondary N) is 1. The van der Waals surface area contributed by atoms with Crippen LogP contribution in [0.15, 0.2) is 48.5 Å². The van der Waals surface area contributed by atoms with Crippen molar-refractivity contribution in [1.29, 1.82) is 0 Å². The number of H-pyrrole nitrogens is 1. The van der Waals surface area contributed by atoms with Crippen LogP contribution in [0.3, 0.4) is 0 Å². The molecule has 2 aromatic heterocycles. The van der Waals surface area contributed by atoms with Gasteiger partial charge in [0, 0.05) is 24.5 Å². The molecule has 1 N–H and O–H groups in total. The Balaban J connectivity index is 1.72. The average molecular weight is 387 g/mol. The van der Waals surface area contributed by atoms with E-state index in [-0.39, 0.29) is 11.9 Å². The quantitative estimate of drug-likeness (QED) is 0.588. The van der Waals surface area contributed by atoms with Crippen molar-refractivity contribution in [3.05, 3.63) is 65.6 Å². The van der Waals surface area contributed by atoms with Crippen LogP contribution in [0.25, 0.3) is 21.9 Å². The number of carbonyl (C=O) groups is 1. The summed E-state index contributed by atoms with van der Waals surface area (Å²) in [6, 6.07) is 16.3. The number of amides is 1. The standard InChI is InChI=1S/C23H25N5O/c1-26(2)14-20(29)28-13-12-16-15-8-4-5-9-17(15)24-21(16)22(28)23-25-18-10-6-7-11-19(18)27(23)3/h4-11,22,24H,12-14H2,1-3H3/t22-/m1/s1. The molecule has 0 fully saturated rings. The van der Waals surface area contributed by atoms with Crippen LogP contribution in [0.2, 0.25) is 0 Å². The highest BCUT2D eigenvalue weighted by molar-refractivity contribution is 5.87. The number of aromatic amines is 1. The summed E-state index contributed by atoms with van der Waals surface area (Å²) in [5, 5.41) is 1.24. The van der Waals surface area contributed by atoms with Crippen LogP contribution in [0.5, 0.6) is 0 Å². The lowest BCUT2D eigenvalue weighted by molar-refractivity contribution is -0.134. The Hall–Kier alpha value is -3.12. The fourth-order valence-corrected chi connectivity index (χ4v) is 4.55. The van der Waals surface area contributed by atoms with Gasteiger partial charge in [0.1, 0.15) is 11.9 Å². The molecule has 1 aliphatic rings. The number of hydrogen-bond acceptors (Lipinski definition) is 3. The molecule has 0 unspecified atom stereocenters. The van der Waals surface area contributed by atoms with Crippen LogP contribution in [0.4, 0.5) is 0 Å². The molecule has 0 aliphatic carbocycles. The zero-order valence-corrected chi connectivity index (χ0v) is 17.0. The molecule has 1 amide bonds. The predicted molar refractivity (Wildman–Crippen MR) is 115 cm³/mol. The smallest absolute Gasteiger partial charge is 0.237 e. The molecule has 6 nitrogen and oxygen atoms in total. The van der Waals surface area contributed by atoms with Gasteiger partial charge in [0.15, 0.2) is 0 Å². The lowest BCUT2D eigenvalue weighted by Crippen LogP contribution is -2.45. The Morgan fingerprint density at radius 1 is 1.17 bits per heavy atom. The number of aromatic nitrogens is 3. The van der Waals surface area contributed by atoms with Crippen LogP contribution in [-0.2, 0) is 18.3 Å². The van der Waals surface area contributed by atoms with Crippen molar-refractivity contribution in [2.45, 2.75) is 12.5 Å². The van der Waals surface area contributed by atoms with Crippen molar-refractivity contribution < 1.29 is 4.79 Å². The van der Waals surface area contributed by atoms with Crippen molar-refractivity contribution >= 4 is 27.8 Å². The first-order chi connectivity index (χ1) is 14.0. The zero-order chi connectivity index (χ0) is 20.1. The molecule has 148 valence electrons. The second kappa shape index (κ2) is 6.74. The van der Waals surface area contributed by atoms with Crippen molar-refractivity contribution in [2.24, 2.45) is 7.05 Å². The summed E-state index contributed by atoms with van der Waals surface area (Å²) >= 11 is 0. The molecule has 0 radical (unpaired) electrons. The van der Waals surface area contributed by atoms with Gasteiger partial charge in [-0.15, -0.1) is 0 Å². The van der Waals surface area contributed by atoms with Crippen molar-refractivity contribution in [3.8, 4) is 0 Å². The van der Waals surface area contributed by atoms with Crippen LogP contribution >= 0.6 is 0 Å². The molecule has 1 aliphatic heterocycles. The Kier molecular flexibility index (Phi) is 4.17. The van der Waals surface area contributed by atoms with Gasteiger partial charge in [-0.25, -0.2) is 4.98 Å². The van der Waals surface area contributed by atoms with Gasteiger partial charge in [-0.2, -0.15) is 0 Å². The minimum absolute atomic E-state index is 0.122. The van der Waals surface area contributed by atoms with E-state index in [9.17, 15) is 4.79 Å². The summed E-state index contributed by atoms with van der Waals surface area (Å²) in [5.74, 6) is 1.02. The molecule has 29 heavy (non-hydrogen) atoms. The molecular formula is C23H25N5O. The van der Waals surface area contributed by atoms with Gasteiger partial charge < -0.3 is 19.4 Å². The topological polar surface area (TPSA) is 57.2 Å². The molecule has 0 spiro atoms. The highest BCUT2D eigenvalue weighted by Gasteiger charge is 2.37. The zero-order valence-electron chi connectivity index (χ0n) is 17.0. The molecule has 0 saturated heterocycles. The second-order valence-electron chi connectivity index (χ2n) is 8.06. The van der Waals surface area contributed by atoms with Gasteiger partial charge in [0.05, 0.1) is 23.3 Å². The van der Waals surface area contributed by atoms with E-state index in [0.29, 0.717) is 13.1 Å². The molecule has 3 heterocycles. The number of aryl methyl sites for hydroxylation is 1. The lowest BCUT2D eigenvalue weighted by atomic mass is 9.96. The number of nitrogens with zero attached hydrogens (tertiary/aromatic N) is 4. The summed E-state index contributed by atoms with van der Waals surface area (Å²) in [6.07, 6.45) is 0.846. The maximum Gasteiger partial charge on any atom is 0.237 e. The minimum Gasteiger partial charge on any atom is -0.356 e. The van der Waals surface area contributed by atoms with E-state index >= 15 is 0 Å². The third kappa shape index (κ3) is 2.83. The highest BCUT2D eigenvalue weighted by atomic mass is 16.2. The molecule has 1 atom stereocenters. The monoisotopic (exact) mass is 387 g/mol. The Bertz CT molecular complexity index is 1220. The van der Waals surface area contributed by atoms with E-state index in [2.05, 4.69) is 33.8 Å². The maximum atomic E-state index is 13.2. The fraction of sp³-hybridized carbons (Fsp3) is 0.304. The summed E-state index contributed by atoms with van der Waals surface area (Å²) in [6.45, 7) is 1.07. The summed E-state index contributed by atoms with van der Waals surface area (Å²) < 4.78 is 2.12. The van der Waals surface area contributed by atoms with Gasteiger partial charge in [-0.05, 0) is 44.3 Å². The first-order valence-corrected chi connectivity index (χ1v) is 9.99. The van der Waals surface area contributed by atoms with Gasteiger partial charge in [0.25, 0.3) is 0 Å². The van der Waals surface area contributed by atoms with E-state index in [0.717, 1.165) is 34.5 Å². The third-order valence-corrected chi connectivity index (χ3v) is 5.87. The van der Waals surface area contributed by atoms with Gasteiger partial charge in [-0.3, -0.25) is 4.79 Å². The van der Waals surface area contributed by atoms with Crippen LogP contribution in [0, 0.1) is 0 Å². The first kappa shape index (κ1) is 17.9. The molecule has 2 aromatic carbocycles. The predicted octanol–water partition coefficient (Wildman–Crippen LogP) is 3.09. The van der Waals surface area contributed by atoms with E-state index in [1.807, 2.05) is 55.2 Å². The number of benzene rings is 2. The van der Waals surface area contributed by atoms with Crippen LogP contribution < -0.4 is 0 Å². The van der Waals surface area contributed by atoms with Crippen LogP contribution in [-0.4, -0.2) is 57.4 Å². The highest BCUT2D eigenvalue weighted by Crippen LogP contribution is 2.38. The van der Waals surface area contributed by atoms with E-state index in [1.165, 1.54) is 10.9 Å². The lowest BCUT2D eigenvalue weighted by Gasteiger charge is -2.36. The number of hydrogen-bond donors (Lipinski definition) is 1. The van der Waals surface area contributed by atoms with E-state index < -0.39 is 0 Å². The van der Waals surface area contributed by atoms with Crippen molar-refractivity contribution in [3.63, 3.8) is 0 Å². The number of carbonyl (C=O) groups excluding carboxylic acids is 1. The maximum absolute atomic E-state index is 13.2. The second-order valence-corrected chi connectivity index (χ2v) is 8.06. The number of para-hydroxylation sites is 3. The summed E-state index contributed by atoms with van der Waals surface area (Å²) in [4.78, 5) is 25.7. The largest absolute Gasteiger partial charge is 0.356 e. The molecule has 6 heteroatoms. The number of rotatable bonds is 3. The molecule has 5 rings (SSSR count). The van der Waals surface area contributed by atoms with Crippen LogP contribution in [0.1, 0.15) is 23.1 Å². The van der Waals surface area contributed by atoms with E-state index in [1.54, 1.807) is 0 Å². The molecule has 0 saturated carbocycles. The Morgan fingerprint density at radius 2 is 1.93 bits per heavy atom. The Morgan fingerprint density at radius 3 is 2.72 bits per heavy atom. The molecule has 0 bridgehead atoms. The SMILES string of the molecule is CN(C)CC(=O)N1CCc2c([nH]c3ccccc23)[C@@H]1c1nc2ccccc2n1C. The minimum atomic E-state index is -0.226. The summed E-state index contributed by atoms with van der Waals surface area (Å²) in [7, 11) is 5.90. The fourth-order valence-electron chi connectivity index (χ4n) is 4.55. The molecular weight excluding hydrogens is 362 g/mol.